The van der Waals surface area contributed by atoms with Crippen molar-refractivity contribution in [3.8, 4) is 5.75 Å². The van der Waals surface area contributed by atoms with Gasteiger partial charge in [0.15, 0.2) is 0 Å². The first-order valence-corrected chi connectivity index (χ1v) is 11.7. The highest BCUT2D eigenvalue weighted by Crippen LogP contribution is 2.29. The summed E-state index contributed by atoms with van der Waals surface area (Å²) in [4.78, 5) is 6.46. The van der Waals surface area contributed by atoms with Crippen LogP contribution in [0.5, 0.6) is 5.75 Å². The van der Waals surface area contributed by atoms with Gasteiger partial charge in [0.25, 0.3) is 0 Å². The van der Waals surface area contributed by atoms with Crippen LogP contribution in [0, 0.1) is 5.41 Å². The minimum Gasteiger partial charge on any atom is -0.496 e. The van der Waals surface area contributed by atoms with Gasteiger partial charge in [-0.1, -0.05) is 39.0 Å². The summed E-state index contributed by atoms with van der Waals surface area (Å²) in [5.41, 5.74) is 1.56. The number of nitrogens with zero attached hydrogens (tertiary/aromatic N) is 3. The lowest BCUT2D eigenvalue weighted by Gasteiger charge is -2.27. The molecule has 0 aliphatic carbocycles. The second kappa shape index (κ2) is 9.94. The van der Waals surface area contributed by atoms with Crippen LogP contribution in [-0.2, 0) is 27.7 Å². The highest BCUT2D eigenvalue weighted by Gasteiger charge is 2.29. The maximum atomic E-state index is 13.0. The average molecular weight is 438 g/mol. The molecule has 0 spiro atoms. The van der Waals surface area contributed by atoms with Gasteiger partial charge in [0.1, 0.15) is 5.75 Å². The number of sulfone groups is 1. The van der Waals surface area contributed by atoms with E-state index >= 15 is 0 Å². The molecule has 0 saturated heterocycles. The number of imidazole rings is 1. The van der Waals surface area contributed by atoms with Gasteiger partial charge in [0.05, 0.1) is 31.4 Å². The molecule has 2 rings (SSSR count). The Labute approximate surface area is 180 Å². The molecule has 0 saturated carbocycles. The van der Waals surface area contributed by atoms with E-state index in [1.54, 1.807) is 25.0 Å². The van der Waals surface area contributed by atoms with E-state index in [2.05, 4.69) is 16.8 Å². The molecule has 0 fully saturated rings. The van der Waals surface area contributed by atoms with Crippen molar-refractivity contribution < 1.29 is 17.9 Å². The van der Waals surface area contributed by atoms with Gasteiger partial charge in [0.2, 0.25) is 15.0 Å². The zero-order chi connectivity index (χ0) is 22.5. The lowest BCUT2D eigenvalue weighted by molar-refractivity contribution is 0.180. The molecule has 2 aromatic rings. The van der Waals surface area contributed by atoms with E-state index in [0.717, 1.165) is 17.0 Å². The quantitative estimate of drug-likeness (QED) is 0.566. The minimum absolute atomic E-state index is 0.0386. The fourth-order valence-electron chi connectivity index (χ4n) is 3.46. The monoisotopic (exact) mass is 437 g/mol. The number of hydrogen-bond donors (Lipinski definition) is 0. The van der Waals surface area contributed by atoms with Crippen molar-refractivity contribution in [2.24, 2.45) is 5.41 Å². The smallest absolute Gasteiger partial charge is 0.227 e. The zero-order valence-electron chi connectivity index (χ0n) is 19.2. The number of para-hydroxylation sites is 1. The van der Waals surface area contributed by atoms with Gasteiger partial charge in [-0.25, -0.2) is 13.4 Å². The number of methoxy groups -OCH3 is 2. The number of ether oxygens (including phenoxy) is 2. The van der Waals surface area contributed by atoms with Crippen LogP contribution in [0.3, 0.4) is 0 Å². The average Bonchev–Trinajstić information content (AvgIpc) is 3.07. The van der Waals surface area contributed by atoms with E-state index in [0.29, 0.717) is 19.7 Å². The SMILES string of the molecule is COCCn1c(CN(C)C(C)c2ccccc2OC)cnc1S(=O)(=O)CC(C)(C)C. The van der Waals surface area contributed by atoms with Crippen LogP contribution < -0.4 is 4.74 Å². The predicted octanol–water partition coefficient (Wildman–Crippen LogP) is 3.55. The first-order valence-electron chi connectivity index (χ1n) is 10.1. The van der Waals surface area contributed by atoms with Gasteiger partial charge in [-0.05, 0) is 25.5 Å². The maximum absolute atomic E-state index is 13.0. The summed E-state index contributed by atoms with van der Waals surface area (Å²) in [6.07, 6.45) is 1.66. The van der Waals surface area contributed by atoms with Crippen LogP contribution in [0.4, 0.5) is 0 Å². The van der Waals surface area contributed by atoms with Crippen LogP contribution in [0.2, 0.25) is 0 Å². The van der Waals surface area contributed by atoms with E-state index in [1.807, 2.05) is 52.1 Å². The largest absolute Gasteiger partial charge is 0.496 e. The fraction of sp³-hybridized carbons (Fsp3) is 0.591. The Balaban J connectivity index is 2.34. The Kier molecular flexibility index (Phi) is 8.07. The lowest BCUT2D eigenvalue weighted by atomic mass is 10.0. The highest BCUT2D eigenvalue weighted by atomic mass is 32.2. The van der Waals surface area contributed by atoms with Crippen LogP contribution in [-0.4, -0.2) is 56.5 Å². The van der Waals surface area contributed by atoms with E-state index in [-0.39, 0.29) is 22.4 Å². The summed E-state index contributed by atoms with van der Waals surface area (Å²) in [6.45, 7) is 9.23. The third-order valence-electron chi connectivity index (χ3n) is 4.98. The zero-order valence-corrected chi connectivity index (χ0v) is 20.0. The Bertz CT molecular complexity index is 932. The summed E-state index contributed by atoms with van der Waals surface area (Å²) in [6, 6.07) is 7.99. The summed E-state index contributed by atoms with van der Waals surface area (Å²) in [7, 11) is 1.76. The molecule has 0 aliphatic rings. The van der Waals surface area contributed by atoms with Crippen LogP contribution in [0.25, 0.3) is 0 Å². The molecule has 8 heteroatoms. The van der Waals surface area contributed by atoms with Gasteiger partial charge >= 0.3 is 0 Å². The highest BCUT2D eigenvalue weighted by molar-refractivity contribution is 7.91. The molecule has 7 nitrogen and oxygen atoms in total. The summed E-state index contributed by atoms with van der Waals surface area (Å²) >= 11 is 0. The number of hydrogen-bond acceptors (Lipinski definition) is 6. The topological polar surface area (TPSA) is 73.7 Å². The molecular formula is C22H35N3O4S. The number of rotatable bonds is 10. The van der Waals surface area contributed by atoms with Gasteiger partial charge in [-0.2, -0.15) is 0 Å². The van der Waals surface area contributed by atoms with Gasteiger partial charge in [-0.15, -0.1) is 0 Å². The standard InChI is InChI=1S/C22H35N3O4S/c1-17(19-10-8-9-11-20(19)29-7)24(5)15-18-14-23-21(25(18)12-13-28-6)30(26,27)16-22(2,3)4/h8-11,14,17H,12-13,15-16H2,1-7H3. The maximum Gasteiger partial charge on any atom is 0.227 e. The first-order chi connectivity index (χ1) is 14.0. The molecule has 1 aromatic carbocycles. The molecule has 1 unspecified atom stereocenters. The van der Waals surface area contributed by atoms with Gasteiger partial charge in [0, 0.05) is 31.8 Å². The Morgan fingerprint density at radius 1 is 1.20 bits per heavy atom. The van der Waals surface area contributed by atoms with Crippen molar-refractivity contribution >= 4 is 9.84 Å². The first kappa shape index (κ1) is 24.4. The molecule has 0 N–H and O–H groups in total. The molecule has 1 heterocycles. The lowest BCUT2D eigenvalue weighted by Crippen LogP contribution is -2.27. The minimum atomic E-state index is -3.52. The van der Waals surface area contributed by atoms with Crippen LogP contribution in [0.15, 0.2) is 35.6 Å². The van der Waals surface area contributed by atoms with Crippen molar-refractivity contribution in [3.05, 3.63) is 41.7 Å². The van der Waals surface area contributed by atoms with Crippen molar-refractivity contribution in [1.29, 1.82) is 0 Å². The summed E-state index contributed by atoms with van der Waals surface area (Å²) in [5, 5.41) is 0.114. The summed E-state index contributed by atoms with van der Waals surface area (Å²) in [5.74, 6) is 0.870. The van der Waals surface area contributed by atoms with Gasteiger partial charge in [-0.3, -0.25) is 4.90 Å². The molecule has 0 bridgehead atoms. The van der Waals surface area contributed by atoms with Crippen molar-refractivity contribution in [1.82, 2.24) is 14.5 Å². The molecular weight excluding hydrogens is 402 g/mol. The third-order valence-corrected chi connectivity index (χ3v) is 7.11. The third kappa shape index (κ3) is 6.06. The Hall–Kier alpha value is -1.90. The number of benzene rings is 1. The molecule has 0 aliphatic heterocycles. The van der Waals surface area contributed by atoms with Crippen molar-refractivity contribution in [2.45, 2.75) is 52.0 Å². The van der Waals surface area contributed by atoms with E-state index < -0.39 is 9.84 Å². The van der Waals surface area contributed by atoms with E-state index in [1.165, 1.54) is 0 Å². The van der Waals surface area contributed by atoms with Crippen molar-refractivity contribution in [2.75, 3.05) is 33.6 Å². The molecule has 30 heavy (non-hydrogen) atoms. The second-order valence-corrected chi connectivity index (χ2v) is 10.7. The predicted molar refractivity (Wildman–Crippen MR) is 118 cm³/mol. The molecule has 1 atom stereocenters. The van der Waals surface area contributed by atoms with E-state index in [9.17, 15) is 8.42 Å². The normalized spacial score (nSPS) is 13.6. The molecule has 0 amide bonds. The number of aromatic nitrogens is 2. The molecule has 1 aromatic heterocycles. The Morgan fingerprint density at radius 3 is 2.47 bits per heavy atom. The van der Waals surface area contributed by atoms with Crippen LogP contribution >= 0.6 is 0 Å². The van der Waals surface area contributed by atoms with Crippen molar-refractivity contribution in [3.63, 3.8) is 0 Å². The fourth-order valence-corrected chi connectivity index (χ4v) is 5.49. The van der Waals surface area contributed by atoms with Gasteiger partial charge < -0.3 is 14.0 Å². The Morgan fingerprint density at radius 2 is 1.87 bits per heavy atom. The molecule has 0 radical (unpaired) electrons. The van der Waals surface area contributed by atoms with Crippen LogP contribution in [0.1, 0.15) is 45.0 Å². The second-order valence-electron chi connectivity index (χ2n) is 8.83. The molecule has 168 valence electrons. The van der Waals surface area contributed by atoms with E-state index in [4.69, 9.17) is 9.47 Å². The summed E-state index contributed by atoms with van der Waals surface area (Å²) < 4.78 is 38.5.